The summed E-state index contributed by atoms with van der Waals surface area (Å²) in [6.07, 6.45) is -7.29. The summed E-state index contributed by atoms with van der Waals surface area (Å²) in [6, 6.07) is 7.57. The predicted octanol–water partition coefficient (Wildman–Crippen LogP) is 1.80. The van der Waals surface area contributed by atoms with Crippen LogP contribution in [-0.4, -0.2) is 62.5 Å². The van der Waals surface area contributed by atoms with Gasteiger partial charge in [-0.1, -0.05) is 31.0 Å². The number of nitrogens with zero attached hydrogens (tertiary/aromatic N) is 2. The van der Waals surface area contributed by atoms with Gasteiger partial charge >= 0.3 is 19.3 Å². The van der Waals surface area contributed by atoms with Crippen molar-refractivity contribution in [3.05, 3.63) is 57.4 Å². The number of aliphatic hydroxyl groups is 1. The maximum absolute atomic E-state index is 16.1. The van der Waals surface area contributed by atoms with Gasteiger partial charge in [-0.3, -0.25) is 19.1 Å². The number of para-hydroxylation sites is 1. The normalized spacial score (nSPS) is 26.3. The van der Waals surface area contributed by atoms with Crippen LogP contribution in [0.15, 0.2) is 46.1 Å². The van der Waals surface area contributed by atoms with Crippen LogP contribution in [0.25, 0.3) is 0 Å². The summed E-state index contributed by atoms with van der Waals surface area (Å²) in [5, 5.41) is 14.4. The molecule has 1 saturated heterocycles. The molecule has 1 aliphatic rings. The predicted molar refractivity (Wildman–Crippen MR) is 132 cm³/mol. The Morgan fingerprint density at radius 1 is 1.37 bits per heavy atom. The Morgan fingerprint density at radius 3 is 2.66 bits per heavy atom. The van der Waals surface area contributed by atoms with E-state index >= 15 is 4.39 Å². The van der Waals surface area contributed by atoms with Gasteiger partial charge in [-0.2, -0.15) is 9.78 Å². The number of H-pyrrole nitrogens is 1. The van der Waals surface area contributed by atoms with Crippen molar-refractivity contribution in [1.82, 2.24) is 14.8 Å². The molecule has 14 heteroatoms. The highest BCUT2D eigenvalue weighted by Crippen LogP contribution is 2.51. The number of hydrogen-bond donors (Lipinski definition) is 2. The van der Waals surface area contributed by atoms with Crippen LogP contribution in [0.3, 0.4) is 0 Å². The summed E-state index contributed by atoms with van der Waals surface area (Å²) >= 11 is 0. The Kier molecular flexibility index (Phi) is 8.34. The second-order valence-corrected chi connectivity index (χ2v) is 10.6. The maximum atomic E-state index is 16.1. The lowest BCUT2D eigenvalue weighted by molar-refractivity contribution is -0.151. The van der Waals surface area contributed by atoms with E-state index in [9.17, 15) is 24.1 Å². The highest BCUT2D eigenvalue weighted by molar-refractivity contribution is 7.54. The van der Waals surface area contributed by atoms with Crippen molar-refractivity contribution in [2.24, 2.45) is 5.92 Å². The summed E-state index contributed by atoms with van der Waals surface area (Å²) in [7, 11) is -4.62. The number of aromatic nitrogens is 3. The minimum Gasteiger partial charge on any atom is -0.463 e. The van der Waals surface area contributed by atoms with E-state index in [0.717, 1.165) is 0 Å². The van der Waals surface area contributed by atoms with Gasteiger partial charge < -0.3 is 19.1 Å². The molecule has 38 heavy (non-hydrogen) atoms. The summed E-state index contributed by atoms with van der Waals surface area (Å²) in [6.45, 7) is 2.57. The van der Waals surface area contributed by atoms with Crippen LogP contribution in [0.1, 0.15) is 36.7 Å². The van der Waals surface area contributed by atoms with Gasteiger partial charge in [-0.05, 0) is 32.9 Å². The van der Waals surface area contributed by atoms with Gasteiger partial charge in [-0.25, -0.2) is 13.8 Å². The standard InChI is InChI=1S/C24H29FN3O9P/c1-5-11-24(25)20(30)18(36-22(24)28-23(32)27-19(29)12-26-28)13-34-38(33,37-17-9-7-6-8-10-17)14-16(4)21(31)35-15(2)3/h6-10,12,15-16,18,20,22,30H,13-14H2,1-4H3,(H,27,29,32)/t16-,18-,20+,22-,24?,38+/m1/s1/i13D2. The molecule has 6 atom stereocenters. The zero-order chi connectivity index (χ0) is 29.9. The Bertz CT molecular complexity index is 1440. The number of benzene rings is 1. The lowest BCUT2D eigenvalue weighted by atomic mass is 9.97. The van der Waals surface area contributed by atoms with Crippen molar-refractivity contribution in [1.29, 1.82) is 0 Å². The first-order valence-electron chi connectivity index (χ1n) is 12.5. The number of rotatable bonds is 10. The number of ether oxygens (including phenoxy) is 2. The van der Waals surface area contributed by atoms with E-state index in [4.69, 9.17) is 21.3 Å². The lowest BCUT2D eigenvalue weighted by Gasteiger charge is -2.24. The van der Waals surface area contributed by atoms with E-state index in [-0.39, 0.29) is 5.75 Å². The van der Waals surface area contributed by atoms with E-state index in [2.05, 4.69) is 16.9 Å². The van der Waals surface area contributed by atoms with Crippen LogP contribution in [0, 0.1) is 17.8 Å². The summed E-state index contributed by atoms with van der Waals surface area (Å²) in [5.41, 5.74) is -5.24. The van der Waals surface area contributed by atoms with Crippen LogP contribution in [0.4, 0.5) is 4.39 Å². The Labute approximate surface area is 220 Å². The number of carbonyl (C=O) groups is 1. The van der Waals surface area contributed by atoms with E-state index in [0.29, 0.717) is 10.9 Å². The molecule has 1 aliphatic heterocycles. The van der Waals surface area contributed by atoms with Gasteiger partial charge in [0.15, 0.2) is 0 Å². The smallest absolute Gasteiger partial charge is 0.380 e. The minimum atomic E-state index is -4.62. The molecule has 0 aliphatic carbocycles. The van der Waals surface area contributed by atoms with Gasteiger partial charge in [0.1, 0.15) is 24.2 Å². The SMILES string of the molecule is [2H]C([2H])(O[P@@](=O)(C[C@@H](C)C(=O)OC(C)C)Oc1ccccc1)[C@H]1O[C@@H](n2ncc(=O)[nH]c2=O)C(F)(C#CC)[C@H]1O. The Hall–Kier alpha value is -3.30. The Morgan fingerprint density at radius 2 is 2.05 bits per heavy atom. The third kappa shape index (κ3) is 6.76. The number of hydrogen-bond acceptors (Lipinski definition) is 10. The molecule has 1 unspecified atom stereocenters. The van der Waals surface area contributed by atoms with Gasteiger partial charge in [0.25, 0.3) is 5.56 Å². The monoisotopic (exact) mass is 555 g/mol. The highest BCUT2D eigenvalue weighted by Gasteiger charge is 2.59. The minimum absolute atomic E-state index is 0.0116. The zero-order valence-electron chi connectivity index (χ0n) is 23.0. The quantitative estimate of drug-likeness (QED) is 0.251. The van der Waals surface area contributed by atoms with Gasteiger partial charge in [0.2, 0.25) is 11.9 Å². The molecule has 0 radical (unpaired) electrons. The molecule has 2 aromatic rings. The van der Waals surface area contributed by atoms with Gasteiger partial charge in [-0.15, -0.1) is 5.92 Å². The van der Waals surface area contributed by atoms with E-state index in [1.165, 1.54) is 26.0 Å². The van der Waals surface area contributed by atoms with Gasteiger partial charge in [0.05, 0.1) is 27.5 Å². The molecule has 2 N–H and O–H groups in total. The van der Waals surface area contributed by atoms with Gasteiger partial charge in [0, 0.05) is 0 Å². The van der Waals surface area contributed by atoms with Crippen molar-refractivity contribution in [3.63, 3.8) is 0 Å². The van der Waals surface area contributed by atoms with Crippen LogP contribution < -0.4 is 15.8 Å². The molecule has 2 heterocycles. The Balaban J connectivity index is 1.99. The van der Waals surface area contributed by atoms with Crippen LogP contribution in [-0.2, 0) is 23.4 Å². The number of aliphatic hydroxyl groups excluding tert-OH is 1. The molecule has 1 aromatic carbocycles. The van der Waals surface area contributed by atoms with Crippen molar-refractivity contribution in [2.75, 3.05) is 12.7 Å². The highest BCUT2D eigenvalue weighted by atomic mass is 31.2. The molecule has 0 saturated carbocycles. The molecule has 12 nitrogen and oxygen atoms in total. The average molecular weight is 555 g/mol. The molecular weight excluding hydrogens is 524 g/mol. The average Bonchev–Trinajstić information content (AvgIpc) is 3.10. The number of aromatic amines is 1. The molecule has 206 valence electrons. The van der Waals surface area contributed by atoms with E-state index in [1.54, 1.807) is 32.0 Å². The molecule has 0 amide bonds. The molecule has 1 aromatic heterocycles. The fourth-order valence-electron chi connectivity index (χ4n) is 3.49. The summed E-state index contributed by atoms with van der Waals surface area (Å²) < 4.78 is 68.7. The number of carbonyl (C=O) groups excluding carboxylic acids is 1. The first-order chi connectivity index (χ1) is 18.6. The van der Waals surface area contributed by atoms with Crippen LogP contribution >= 0.6 is 7.60 Å². The zero-order valence-corrected chi connectivity index (χ0v) is 21.9. The van der Waals surface area contributed by atoms with Crippen molar-refractivity contribution >= 4 is 13.6 Å². The summed E-state index contributed by atoms with van der Waals surface area (Å²) in [5.74, 6) is 2.47. The first kappa shape index (κ1) is 26.3. The third-order valence-corrected chi connectivity index (χ3v) is 7.04. The molecule has 0 bridgehead atoms. The number of alkyl halides is 1. The molecular formula is C24H29FN3O9P. The molecule has 0 spiro atoms. The van der Waals surface area contributed by atoms with E-state index < -0.39 is 73.7 Å². The molecule has 3 rings (SSSR count). The second kappa shape index (κ2) is 12.0. The summed E-state index contributed by atoms with van der Waals surface area (Å²) in [4.78, 5) is 38.0. The van der Waals surface area contributed by atoms with Crippen molar-refractivity contribution in [3.8, 4) is 17.6 Å². The van der Waals surface area contributed by atoms with E-state index in [1.807, 2.05) is 4.98 Å². The van der Waals surface area contributed by atoms with Crippen LogP contribution in [0.5, 0.6) is 5.75 Å². The van der Waals surface area contributed by atoms with Crippen molar-refractivity contribution < 1.29 is 40.1 Å². The third-order valence-electron chi connectivity index (χ3n) is 5.18. The topological polar surface area (TPSA) is 159 Å². The van der Waals surface area contributed by atoms with Crippen LogP contribution in [0.2, 0.25) is 0 Å². The number of nitrogens with one attached hydrogen (secondary N) is 1. The lowest BCUT2D eigenvalue weighted by Crippen LogP contribution is -2.46. The maximum Gasteiger partial charge on any atom is 0.380 e. The molecule has 1 fully saturated rings. The number of halogens is 1. The fraction of sp³-hybridized carbons (Fsp3) is 0.500. The fourth-order valence-corrected chi connectivity index (χ4v) is 5.20. The largest absolute Gasteiger partial charge is 0.463 e. The second-order valence-electron chi connectivity index (χ2n) is 8.67. The van der Waals surface area contributed by atoms with Crippen molar-refractivity contribution in [2.45, 2.75) is 57.9 Å². The number of esters is 1. The first-order valence-corrected chi connectivity index (χ1v) is 13.2.